The third-order valence-electron chi connectivity index (χ3n) is 5.81. The number of anilines is 1. The van der Waals surface area contributed by atoms with Crippen molar-refractivity contribution in [3.8, 4) is 0 Å². The highest BCUT2D eigenvalue weighted by Crippen LogP contribution is 2.26. The number of amides is 1. The number of methoxy groups -OCH3 is 1. The van der Waals surface area contributed by atoms with Gasteiger partial charge in [-0.2, -0.15) is 5.10 Å². The summed E-state index contributed by atoms with van der Waals surface area (Å²) in [6, 6.07) is 6.50. The summed E-state index contributed by atoms with van der Waals surface area (Å²) >= 11 is 1.19. The highest BCUT2D eigenvalue weighted by molar-refractivity contribution is 8.00. The number of carbonyl (C=O) groups excluding carboxylic acids is 2. The van der Waals surface area contributed by atoms with E-state index >= 15 is 0 Å². The van der Waals surface area contributed by atoms with Crippen LogP contribution in [0.25, 0.3) is 10.9 Å². The van der Waals surface area contributed by atoms with Gasteiger partial charge in [-0.25, -0.2) is 14.5 Å². The first-order valence-electron chi connectivity index (χ1n) is 11.5. The van der Waals surface area contributed by atoms with Gasteiger partial charge in [0.05, 0.1) is 47.7 Å². The number of nitrogens with zero attached hydrogens (tertiary/aromatic N) is 4. The minimum absolute atomic E-state index is 0.0889. The van der Waals surface area contributed by atoms with Crippen molar-refractivity contribution in [1.29, 1.82) is 0 Å². The first-order chi connectivity index (χ1) is 16.8. The van der Waals surface area contributed by atoms with E-state index in [2.05, 4.69) is 15.4 Å². The maximum Gasteiger partial charge on any atom is 0.337 e. The molecule has 1 aliphatic heterocycles. The van der Waals surface area contributed by atoms with E-state index in [1.165, 1.54) is 24.9 Å². The van der Waals surface area contributed by atoms with Gasteiger partial charge in [0.1, 0.15) is 5.82 Å². The molecular formula is C24H29N5O5S. The molecule has 186 valence electrons. The average Bonchev–Trinajstić information content (AvgIpc) is 3.52. The van der Waals surface area contributed by atoms with Gasteiger partial charge in [-0.15, -0.1) is 0 Å². The number of rotatable bonds is 8. The molecule has 1 N–H and O–H groups in total. The molecule has 1 aromatic carbocycles. The number of fused-ring (bicyclic) bond motifs is 1. The van der Waals surface area contributed by atoms with Crippen molar-refractivity contribution < 1.29 is 19.1 Å². The topological polar surface area (TPSA) is 117 Å². The van der Waals surface area contributed by atoms with E-state index in [-0.39, 0.29) is 23.6 Å². The van der Waals surface area contributed by atoms with Crippen LogP contribution < -0.4 is 10.9 Å². The van der Waals surface area contributed by atoms with Crippen molar-refractivity contribution in [1.82, 2.24) is 19.3 Å². The molecule has 0 unspecified atom stereocenters. The van der Waals surface area contributed by atoms with Crippen LogP contribution in [0, 0.1) is 0 Å². The van der Waals surface area contributed by atoms with Crippen LogP contribution in [0.5, 0.6) is 0 Å². The van der Waals surface area contributed by atoms with E-state index in [4.69, 9.17) is 9.47 Å². The summed E-state index contributed by atoms with van der Waals surface area (Å²) < 4.78 is 13.9. The SMILES string of the molecule is COC(=O)c1ccc2c(=O)n(C[C@@H]3CCCO3)c(S[C@H](C)C(=O)Nc3ccnn3C(C)C)nc2c1. The second-order valence-electron chi connectivity index (χ2n) is 8.67. The van der Waals surface area contributed by atoms with Crippen molar-refractivity contribution in [2.45, 2.75) is 62.7 Å². The van der Waals surface area contributed by atoms with Crippen LogP contribution in [-0.4, -0.2) is 56.3 Å². The van der Waals surface area contributed by atoms with Gasteiger partial charge in [-0.1, -0.05) is 11.8 Å². The summed E-state index contributed by atoms with van der Waals surface area (Å²) in [5.41, 5.74) is 0.428. The predicted octanol–water partition coefficient (Wildman–Crippen LogP) is 3.26. The van der Waals surface area contributed by atoms with E-state index in [0.717, 1.165) is 12.8 Å². The quantitative estimate of drug-likeness (QED) is 0.285. The van der Waals surface area contributed by atoms with E-state index in [9.17, 15) is 14.4 Å². The number of aromatic nitrogens is 4. The van der Waals surface area contributed by atoms with E-state index in [1.807, 2.05) is 13.8 Å². The van der Waals surface area contributed by atoms with Gasteiger partial charge >= 0.3 is 5.97 Å². The zero-order chi connectivity index (χ0) is 25.1. The molecule has 3 aromatic rings. The molecule has 2 atom stereocenters. The number of thioether (sulfide) groups is 1. The zero-order valence-electron chi connectivity index (χ0n) is 20.2. The smallest absolute Gasteiger partial charge is 0.337 e. The van der Waals surface area contributed by atoms with Gasteiger partial charge in [0.2, 0.25) is 5.91 Å². The van der Waals surface area contributed by atoms with Crippen LogP contribution in [0.15, 0.2) is 40.4 Å². The van der Waals surface area contributed by atoms with Gasteiger partial charge in [-0.05, 0) is 51.8 Å². The Morgan fingerprint density at radius 2 is 2.09 bits per heavy atom. The van der Waals surface area contributed by atoms with Crippen LogP contribution in [0.1, 0.15) is 50.0 Å². The second-order valence-corrected chi connectivity index (χ2v) is 9.98. The molecule has 3 heterocycles. The first kappa shape index (κ1) is 24.9. The molecule has 35 heavy (non-hydrogen) atoms. The zero-order valence-corrected chi connectivity index (χ0v) is 21.0. The van der Waals surface area contributed by atoms with Gasteiger partial charge in [0, 0.05) is 18.7 Å². The summed E-state index contributed by atoms with van der Waals surface area (Å²) in [5, 5.41) is 7.37. The molecule has 0 saturated carbocycles. The minimum Gasteiger partial charge on any atom is -0.465 e. The van der Waals surface area contributed by atoms with Crippen molar-refractivity contribution >= 4 is 40.4 Å². The fraction of sp³-hybridized carbons (Fsp3) is 0.458. The van der Waals surface area contributed by atoms with Gasteiger partial charge in [-0.3, -0.25) is 14.2 Å². The number of carbonyl (C=O) groups is 2. The molecule has 4 rings (SSSR count). The maximum absolute atomic E-state index is 13.4. The molecule has 1 saturated heterocycles. The highest BCUT2D eigenvalue weighted by Gasteiger charge is 2.24. The predicted molar refractivity (Wildman–Crippen MR) is 133 cm³/mol. The monoisotopic (exact) mass is 499 g/mol. The van der Waals surface area contributed by atoms with Crippen LogP contribution in [0.3, 0.4) is 0 Å². The van der Waals surface area contributed by atoms with Crippen molar-refractivity contribution in [2.75, 3.05) is 19.0 Å². The Bertz CT molecular complexity index is 1300. The lowest BCUT2D eigenvalue weighted by Gasteiger charge is -2.19. The lowest BCUT2D eigenvalue weighted by Crippen LogP contribution is -2.30. The Morgan fingerprint density at radius 1 is 1.29 bits per heavy atom. The molecule has 11 heteroatoms. The molecule has 1 amide bonds. The Morgan fingerprint density at radius 3 is 2.77 bits per heavy atom. The van der Waals surface area contributed by atoms with E-state index in [0.29, 0.717) is 40.6 Å². The summed E-state index contributed by atoms with van der Waals surface area (Å²) in [6.45, 7) is 6.72. The number of benzene rings is 1. The van der Waals surface area contributed by atoms with Crippen LogP contribution in [0.4, 0.5) is 5.82 Å². The number of hydrogen-bond donors (Lipinski definition) is 1. The minimum atomic E-state index is -0.561. The second kappa shape index (κ2) is 10.6. The maximum atomic E-state index is 13.4. The summed E-state index contributed by atoms with van der Waals surface area (Å²) in [7, 11) is 1.30. The first-order valence-corrected chi connectivity index (χ1v) is 12.4. The largest absolute Gasteiger partial charge is 0.465 e. The fourth-order valence-corrected chi connectivity index (χ4v) is 4.87. The van der Waals surface area contributed by atoms with Gasteiger partial charge < -0.3 is 14.8 Å². The molecule has 0 aliphatic carbocycles. The normalized spacial score (nSPS) is 16.5. The Balaban J connectivity index is 1.67. The third kappa shape index (κ3) is 5.40. The number of hydrogen-bond acceptors (Lipinski definition) is 8. The van der Waals surface area contributed by atoms with Crippen LogP contribution in [-0.2, 0) is 20.8 Å². The average molecular weight is 500 g/mol. The summed E-state index contributed by atoms with van der Waals surface area (Å²) in [5.74, 6) is -0.150. The number of ether oxygens (including phenoxy) is 2. The van der Waals surface area contributed by atoms with E-state index in [1.54, 1.807) is 40.6 Å². The lowest BCUT2D eigenvalue weighted by molar-refractivity contribution is -0.115. The molecule has 0 spiro atoms. The molecule has 0 bridgehead atoms. The van der Waals surface area contributed by atoms with Crippen LogP contribution >= 0.6 is 11.8 Å². The number of nitrogens with one attached hydrogen (secondary N) is 1. The molecule has 2 aromatic heterocycles. The lowest BCUT2D eigenvalue weighted by atomic mass is 10.1. The molecule has 1 aliphatic rings. The Kier molecular flexibility index (Phi) is 7.56. The van der Waals surface area contributed by atoms with Gasteiger partial charge in [0.25, 0.3) is 5.56 Å². The highest BCUT2D eigenvalue weighted by atomic mass is 32.2. The van der Waals surface area contributed by atoms with E-state index < -0.39 is 11.2 Å². The summed E-state index contributed by atoms with van der Waals surface area (Å²) in [4.78, 5) is 43.1. The standard InChI is InChI=1S/C24H29N5O5S/c1-14(2)29-20(9-10-25-29)27-21(30)15(3)35-24-26-19-12-16(23(32)33-4)7-8-18(19)22(31)28(24)13-17-6-5-11-34-17/h7-10,12,14-15,17H,5-6,11,13H2,1-4H3,(H,27,30)/t15-,17+/m1/s1. The number of esters is 1. The molecular weight excluding hydrogens is 470 g/mol. The third-order valence-corrected chi connectivity index (χ3v) is 6.90. The van der Waals surface area contributed by atoms with Crippen molar-refractivity contribution in [3.05, 3.63) is 46.4 Å². The van der Waals surface area contributed by atoms with Crippen molar-refractivity contribution in [2.24, 2.45) is 0 Å². The molecule has 10 nitrogen and oxygen atoms in total. The summed E-state index contributed by atoms with van der Waals surface area (Å²) in [6.07, 6.45) is 3.33. The fourth-order valence-electron chi connectivity index (χ4n) is 3.95. The van der Waals surface area contributed by atoms with Gasteiger partial charge in [0.15, 0.2) is 5.16 Å². The molecule has 0 radical (unpaired) electrons. The molecule has 1 fully saturated rings. The van der Waals surface area contributed by atoms with Crippen LogP contribution in [0.2, 0.25) is 0 Å². The Labute approximate surface area is 207 Å². The Hall–Kier alpha value is -3.18. The van der Waals surface area contributed by atoms with Crippen molar-refractivity contribution in [3.63, 3.8) is 0 Å².